The maximum Gasteiger partial charge on any atom is 0.0795 e. The van der Waals surface area contributed by atoms with Crippen molar-refractivity contribution in [1.82, 2.24) is 10.3 Å². The van der Waals surface area contributed by atoms with Gasteiger partial charge in [-0.05, 0) is 33.6 Å². The Morgan fingerprint density at radius 3 is 2.94 bits per heavy atom. The monoisotopic (exact) mass is 316 g/mol. The zero-order valence-electron chi connectivity index (χ0n) is 8.41. The molecule has 0 atom stereocenters. The van der Waals surface area contributed by atoms with Crippen LogP contribution in [0, 0.1) is 0 Å². The van der Waals surface area contributed by atoms with Gasteiger partial charge in [0, 0.05) is 22.9 Å². The van der Waals surface area contributed by atoms with Gasteiger partial charge in [-0.1, -0.05) is 17.7 Å². The molecule has 5 heteroatoms. The highest BCUT2D eigenvalue weighted by Crippen LogP contribution is 2.23. The van der Waals surface area contributed by atoms with Gasteiger partial charge in [0.2, 0.25) is 0 Å². The number of benzene rings is 1. The summed E-state index contributed by atoms with van der Waals surface area (Å²) in [5, 5.41) is 6.12. The van der Waals surface area contributed by atoms with Crippen LogP contribution in [-0.2, 0) is 13.1 Å². The van der Waals surface area contributed by atoms with Crippen molar-refractivity contribution in [3.05, 3.63) is 49.8 Å². The van der Waals surface area contributed by atoms with E-state index in [1.54, 1.807) is 11.3 Å². The number of nitrogens with zero attached hydrogens (tertiary/aromatic N) is 1. The number of halogens is 2. The molecule has 2 rings (SSSR count). The lowest BCUT2D eigenvalue weighted by atomic mass is 10.2. The van der Waals surface area contributed by atoms with Crippen molar-refractivity contribution in [1.29, 1.82) is 0 Å². The van der Waals surface area contributed by atoms with Crippen LogP contribution in [0.5, 0.6) is 0 Å². The smallest absolute Gasteiger partial charge is 0.0795 e. The quantitative estimate of drug-likeness (QED) is 0.926. The van der Waals surface area contributed by atoms with E-state index in [0.29, 0.717) is 0 Å². The van der Waals surface area contributed by atoms with Crippen LogP contribution in [0.1, 0.15) is 11.3 Å². The minimum atomic E-state index is 0.739. The van der Waals surface area contributed by atoms with E-state index >= 15 is 0 Å². The molecule has 0 aliphatic heterocycles. The maximum absolute atomic E-state index is 5.92. The van der Waals surface area contributed by atoms with Gasteiger partial charge in [0.15, 0.2) is 0 Å². The second kappa shape index (κ2) is 5.77. The minimum Gasteiger partial charge on any atom is -0.307 e. The topological polar surface area (TPSA) is 24.9 Å². The molecule has 84 valence electrons. The summed E-state index contributed by atoms with van der Waals surface area (Å²) in [6, 6.07) is 5.93. The minimum absolute atomic E-state index is 0.739. The van der Waals surface area contributed by atoms with E-state index in [0.717, 1.165) is 28.3 Å². The van der Waals surface area contributed by atoms with E-state index in [4.69, 9.17) is 11.6 Å². The van der Waals surface area contributed by atoms with E-state index in [2.05, 4.69) is 26.2 Å². The van der Waals surface area contributed by atoms with Crippen LogP contribution in [0.15, 0.2) is 33.6 Å². The van der Waals surface area contributed by atoms with Crippen molar-refractivity contribution in [3.63, 3.8) is 0 Å². The average molecular weight is 318 g/mol. The molecule has 0 bridgehead atoms. The first-order valence-electron chi connectivity index (χ1n) is 4.77. The molecule has 0 spiro atoms. The van der Waals surface area contributed by atoms with Crippen LogP contribution in [-0.4, -0.2) is 4.98 Å². The van der Waals surface area contributed by atoms with E-state index < -0.39 is 0 Å². The van der Waals surface area contributed by atoms with Crippen molar-refractivity contribution >= 4 is 38.9 Å². The third-order valence-electron chi connectivity index (χ3n) is 2.10. The fourth-order valence-corrected chi connectivity index (χ4v) is 2.41. The first kappa shape index (κ1) is 12.0. The fraction of sp³-hybridized carbons (Fsp3) is 0.182. The Labute approximate surface area is 112 Å². The number of hydrogen-bond acceptors (Lipinski definition) is 3. The third kappa shape index (κ3) is 3.28. The lowest BCUT2D eigenvalue weighted by Gasteiger charge is -2.04. The number of aromatic nitrogens is 1. The Morgan fingerprint density at radius 2 is 2.25 bits per heavy atom. The lowest BCUT2D eigenvalue weighted by Crippen LogP contribution is -2.12. The molecule has 1 N–H and O–H groups in total. The maximum atomic E-state index is 5.92. The van der Waals surface area contributed by atoms with Crippen LogP contribution in [0.25, 0.3) is 0 Å². The summed E-state index contributed by atoms with van der Waals surface area (Å²) in [7, 11) is 0. The molecule has 0 unspecified atom stereocenters. The molecular weight excluding hydrogens is 308 g/mol. The second-order valence-electron chi connectivity index (χ2n) is 3.33. The Bertz CT molecular complexity index is 459. The van der Waals surface area contributed by atoms with Crippen molar-refractivity contribution in [2.24, 2.45) is 0 Å². The van der Waals surface area contributed by atoms with Gasteiger partial charge < -0.3 is 5.32 Å². The molecular formula is C11H10BrClN2S. The van der Waals surface area contributed by atoms with Crippen molar-refractivity contribution in [3.8, 4) is 0 Å². The third-order valence-corrected chi connectivity index (χ3v) is 3.95. The largest absolute Gasteiger partial charge is 0.307 e. The molecule has 0 saturated heterocycles. The molecule has 1 aromatic heterocycles. The van der Waals surface area contributed by atoms with Crippen LogP contribution in [0.2, 0.25) is 5.02 Å². The molecule has 0 saturated carbocycles. The van der Waals surface area contributed by atoms with Crippen LogP contribution in [0.3, 0.4) is 0 Å². The van der Waals surface area contributed by atoms with Gasteiger partial charge in [-0.25, -0.2) is 4.98 Å². The molecule has 16 heavy (non-hydrogen) atoms. The molecule has 0 amide bonds. The Kier molecular flexibility index (Phi) is 4.35. The van der Waals surface area contributed by atoms with Crippen LogP contribution < -0.4 is 5.32 Å². The normalized spacial score (nSPS) is 10.6. The highest BCUT2D eigenvalue weighted by molar-refractivity contribution is 9.10. The van der Waals surface area contributed by atoms with Gasteiger partial charge in [-0.3, -0.25) is 0 Å². The van der Waals surface area contributed by atoms with E-state index in [9.17, 15) is 0 Å². The summed E-state index contributed by atoms with van der Waals surface area (Å²) in [4.78, 5) is 4.20. The lowest BCUT2D eigenvalue weighted by molar-refractivity contribution is 0.682. The second-order valence-corrected chi connectivity index (χ2v) is 5.31. The molecule has 0 radical (unpaired) electrons. The van der Waals surface area contributed by atoms with Gasteiger partial charge in [-0.15, -0.1) is 11.3 Å². The SMILES string of the molecule is Clc1ccc(CNCc2cscn2)cc1Br. The number of hydrogen-bond donors (Lipinski definition) is 1. The number of nitrogens with one attached hydrogen (secondary N) is 1. The standard InChI is InChI=1S/C11H10BrClN2S/c12-10-3-8(1-2-11(10)13)4-14-5-9-6-16-7-15-9/h1-3,6-7,14H,4-5H2. The van der Waals surface area contributed by atoms with Gasteiger partial charge in [0.05, 0.1) is 16.2 Å². The predicted octanol–water partition coefficient (Wildman–Crippen LogP) is 3.85. The first-order valence-corrected chi connectivity index (χ1v) is 6.89. The summed E-state index contributed by atoms with van der Waals surface area (Å²) in [6.45, 7) is 1.61. The number of rotatable bonds is 4. The van der Waals surface area contributed by atoms with Crippen molar-refractivity contribution in [2.45, 2.75) is 13.1 Å². The summed E-state index contributed by atoms with van der Waals surface area (Å²) >= 11 is 10.9. The Morgan fingerprint density at radius 1 is 1.38 bits per heavy atom. The first-order chi connectivity index (χ1) is 7.75. The van der Waals surface area contributed by atoms with Crippen molar-refractivity contribution < 1.29 is 0 Å². The van der Waals surface area contributed by atoms with Crippen LogP contribution >= 0.6 is 38.9 Å². The molecule has 1 aromatic carbocycles. The zero-order valence-corrected chi connectivity index (χ0v) is 11.6. The average Bonchev–Trinajstić information content (AvgIpc) is 2.76. The van der Waals surface area contributed by atoms with Gasteiger partial charge in [0.1, 0.15) is 0 Å². The Balaban J connectivity index is 1.87. The zero-order chi connectivity index (χ0) is 11.4. The van der Waals surface area contributed by atoms with Gasteiger partial charge in [-0.2, -0.15) is 0 Å². The highest BCUT2D eigenvalue weighted by atomic mass is 79.9. The van der Waals surface area contributed by atoms with E-state index in [1.807, 2.05) is 29.1 Å². The van der Waals surface area contributed by atoms with E-state index in [1.165, 1.54) is 5.56 Å². The molecule has 0 aliphatic rings. The predicted molar refractivity (Wildman–Crippen MR) is 71.8 cm³/mol. The molecule has 2 aromatic rings. The van der Waals surface area contributed by atoms with Crippen molar-refractivity contribution in [2.75, 3.05) is 0 Å². The molecule has 1 heterocycles. The van der Waals surface area contributed by atoms with Crippen LogP contribution in [0.4, 0.5) is 0 Å². The van der Waals surface area contributed by atoms with E-state index in [-0.39, 0.29) is 0 Å². The molecule has 0 fully saturated rings. The summed E-state index contributed by atoms with van der Waals surface area (Å²) in [5.41, 5.74) is 4.13. The van der Waals surface area contributed by atoms with Gasteiger partial charge >= 0.3 is 0 Å². The molecule has 2 nitrogen and oxygen atoms in total. The molecule has 0 aliphatic carbocycles. The highest BCUT2D eigenvalue weighted by Gasteiger charge is 1.99. The fourth-order valence-electron chi connectivity index (χ4n) is 1.31. The Hall–Kier alpha value is -0.420. The summed E-state index contributed by atoms with van der Waals surface area (Å²) < 4.78 is 0.933. The van der Waals surface area contributed by atoms with Gasteiger partial charge in [0.25, 0.3) is 0 Å². The number of thiazole rings is 1. The summed E-state index contributed by atoms with van der Waals surface area (Å²) in [6.07, 6.45) is 0. The summed E-state index contributed by atoms with van der Waals surface area (Å²) in [5.74, 6) is 0.